The highest BCUT2D eigenvalue weighted by Gasteiger charge is 2.47. The topological polar surface area (TPSA) is 117 Å². The lowest BCUT2D eigenvalue weighted by Gasteiger charge is -2.35. The van der Waals surface area contributed by atoms with E-state index in [0.29, 0.717) is 30.7 Å². The minimum atomic E-state index is -3.99. The van der Waals surface area contributed by atoms with Gasteiger partial charge in [0.15, 0.2) is 27.3 Å². The van der Waals surface area contributed by atoms with Crippen LogP contribution in [0.15, 0.2) is 59.8 Å². The Hall–Kier alpha value is -3.64. The summed E-state index contributed by atoms with van der Waals surface area (Å²) in [6.07, 6.45) is 5.24. The van der Waals surface area contributed by atoms with E-state index < -0.39 is 38.4 Å². The third kappa shape index (κ3) is 5.64. The predicted molar refractivity (Wildman–Crippen MR) is 142 cm³/mol. The number of rotatable bonds is 6. The predicted octanol–water partition coefficient (Wildman–Crippen LogP) is 5.56. The van der Waals surface area contributed by atoms with Gasteiger partial charge in [-0.05, 0) is 67.9 Å². The lowest BCUT2D eigenvalue weighted by Crippen LogP contribution is -2.48. The molecule has 0 spiro atoms. The van der Waals surface area contributed by atoms with Crippen LogP contribution in [0, 0.1) is 29.3 Å². The van der Waals surface area contributed by atoms with E-state index in [2.05, 4.69) is 20.9 Å². The molecule has 1 unspecified atom stereocenters. The second-order valence-corrected chi connectivity index (χ2v) is 12.6. The molecule has 1 heterocycles. The summed E-state index contributed by atoms with van der Waals surface area (Å²) in [6, 6.07) is 7.72. The maximum absolute atomic E-state index is 13.7. The van der Waals surface area contributed by atoms with Crippen molar-refractivity contribution < 1.29 is 31.2 Å². The van der Waals surface area contributed by atoms with Gasteiger partial charge in [0.05, 0.1) is 27.1 Å². The van der Waals surface area contributed by atoms with Crippen LogP contribution in [-0.4, -0.2) is 36.6 Å². The molecular formula is C27H24ClF3N4O4S. The Balaban J connectivity index is 1.30. The highest BCUT2D eigenvalue weighted by molar-refractivity contribution is 7.92. The fourth-order valence-corrected chi connectivity index (χ4v) is 8.02. The number of anilines is 2. The van der Waals surface area contributed by atoms with Crippen LogP contribution in [0.2, 0.25) is 5.02 Å². The number of pyridine rings is 1. The van der Waals surface area contributed by atoms with Crippen molar-refractivity contribution in [2.75, 3.05) is 10.6 Å². The normalized spacial score (nSPS) is 22.0. The zero-order valence-corrected chi connectivity index (χ0v) is 22.4. The van der Waals surface area contributed by atoms with Crippen molar-refractivity contribution in [3.63, 3.8) is 0 Å². The summed E-state index contributed by atoms with van der Waals surface area (Å²) >= 11 is 6.26. The number of benzene rings is 2. The van der Waals surface area contributed by atoms with E-state index in [1.807, 2.05) is 0 Å². The van der Waals surface area contributed by atoms with E-state index in [1.165, 1.54) is 18.3 Å². The van der Waals surface area contributed by atoms with E-state index in [4.69, 9.17) is 11.6 Å². The average molecular weight is 593 g/mol. The standard InChI is InChI=1S/C27H24ClF3N4O4S/c28-20-6-5-16(26(36)33-18-11-21(29)24(31)22(30)12-18)10-23(20)40(38,39)19-8-14-3-4-15(9-19)25(14)35-27(37)34-17-2-1-7-32-13-17/h1-2,5-7,10-15,19,25H,3-4,8-9H2,(H,33,36)(H2,34,35,37)/t14-,15?,19-,25-/m0/s1. The number of nitrogens with one attached hydrogen (secondary N) is 3. The molecule has 5 rings (SSSR count). The molecule has 0 radical (unpaired) electrons. The van der Waals surface area contributed by atoms with Gasteiger partial charge in [-0.1, -0.05) is 11.6 Å². The number of nitrogens with zero attached hydrogens (tertiary/aromatic N) is 1. The van der Waals surface area contributed by atoms with E-state index in [0.717, 1.165) is 18.9 Å². The molecule has 3 aromatic rings. The summed E-state index contributed by atoms with van der Waals surface area (Å²) in [6.45, 7) is 0. The Morgan fingerprint density at radius 3 is 2.23 bits per heavy atom. The van der Waals surface area contributed by atoms with Crippen LogP contribution in [0.25, 0.3) is 0 Å². The molecule has 4 atom stereocenters. The van der Waals surface area contributed by atoms with Gasteiger partial charge in [-0.25, -0.2) is 26.4 Å². The first-order valence-corrected chi connectivity index (χ1v) is 14.4. The molecule has 2 saturated carbocycles. The molecule has 1 aromatic heterocycles. The van der Waals surface area contributed by atoms with Crippen LogP contribution in [0.3, 0.4) is 0 Å². The number of carbonyl (C=O) groups is 2. The Labute approximate surface area is 233 Å². The molecule has 3 amide bonds. The van der Waals surface area contributed by atoms with Gasteiger partial charge in [0.25, 0.3) is 5.91 Å². The quantitative estimate of drug-likeness (QED) is 0.324. The molecule has 40 heavy (non-hydrogen) atoms. The monoisotopic (exact) mass is 592 g/mol. The van der Waals surface area contributed by atoms with E-state index in [-0.39, 0.29) is 45.1 Å². The van der Waals surface area contributed by atoms with Gasteiger partial charge in [0.2, 0.25) is 0 Å². The summed E-state index contributed by atoms with van der Waals surface area (Å²) in [4.78, 5) is 29.0. The van der Waals surface area contributed by atoms with Crippen molar-refractivity contribution in [2.24, 2.45) is 11.8 Å². The SMILES string of the molecule is O=C(Nc1cccnc1)N[C@@H]1C2CC[C@H]1C[C@H](S(=O)(=O)c1cc(C(=O)Nc3cc(F)c(F)c(F)c3)ccc1Cl)C2. The van der Waals surface area contributed by atoms with Crippen molar-refractivity contribution in [3.8, 4) is 0 Å². The van der Waals surface area contributed by atoms with Crippen molar-refractivity contribution in [1.29, 1.82) is 0 Å². The molecule has 210 valence electrons. The summed E-state index contributed by atoms with van der Waals surface area (Å²) in [5.74, 6) is -5.62. The lowest BCUT2D eigenvalue weighted by molar-refractivity contribution is 0.102. The minimum absolute atomic E-state index is 0.0632. The number of sulfone groups is 1. The van der Waals surface area contributed by atoms with E-state index >= 15 is 0 Å². The summed E-state index contributed by atoms with van der Waals surface area (Å²) < 4.78 is 67.7. The van der Waals surface area contributed by atoms with Crippen LogP contribution >= 0.6 is 11.6 Å². The highest BCUT2D eigenvalue weighted by atomic mass is 35.5. The number of hydrogen-bond donors (Lipinski definition) is 3. The van der Waals surface area contributed by atoms with Crippen LogP contribution in [-0.2, 0) is 9.84 Å². The molecular weight excluding hydrogens is 569 g/mol. The van der Waals surface area contributed by atoms with E-state index in [9.17, 15) is 31.2 Å². The van der Waals surface area contributed by atoms with Crippen molar-refractivity contribution in [2.45, 2.75) is 41.9 Å². The third-order valence-electron chi connectivity index (χ3n) is 7.45. The van der Waals surface area contributed by atoms with Crippen LogP contribution < -0.4 is 16.0 Å². The van der Waals surface area contributed by atoms with Gasteiger partial charge < -0.3 is 16.0 Å². The van der Waals surface area contributed by atoms with Gasteiger partial charge in [0.1, 0.15) is 0 Å². The van der Waals surface area contributed by atoms with Crippen LogP contribution in [0.5, 0.6) is 0 Å². The van der Waals surface area contributed by atoms with Gasteiger partial charge in [-0.15, -0.1) is 0 Å². The first-order valence-electron chi connectivity index (χ1n) is 12.5. The van der Waals surface area contributed by atoms with Gasteiger partial charge >= 0.3 is 6.03 Å². The number of carbonyl (C=O) groups excluding carboxylic acids is 2. The van der Waals surface area contributed by atoms with E-state index in [1.54, 1.807) is 18.3 Å². The van der Waals surface area contributed by atoms with Crippen LogP contribution in [0.4, 0.5) is 29.3 Å². The number of urea groups is 1. The lowest BCUT2D eigenvalue weighted by atomic mass is 9.84. The smallest absolute Gasteiger partial charge is 0.319 e. The zero-order valence-electron chi connectivity index (χ0n) is 20.8. The largest absolute Gasteiger partial charge is 0.335 e. The third-order valence-corrected chi connectivity index (χ3v) is 10.1. The fraction of sp³-hybridized carbons (Fsp3) is 0.296. The first-order chi connectivity index (χ1) is 19.0. The van der Waals surface area contributed by atoms with Crippen LogP contribution in [0.1, 0.15) is 36.0 Å². The number of amides is 3. The molecule has 2 fully saturated rings. The molecule has 13 heteroatoms. The second-order valence-electron chi connectivity index (χ2n) is 9.96. The highest BCUT2D eigenvalue weighted by Crippen LogP contribution is 2.46. The number of fused-ring (bicyclic) bond motifs is 2. The Morgan fingerprint density at radius 1 is 0.925 bits per heavy atom. The van der Waals surface area contributed by atoms with Gasteiger partial charge in [-0.3, -0.25) is 9.78 Å². The molecule has 8 nitrogen and oxygen atoms in total. The minimum Gasteiger partial charge on any atom is -0.335 e. The summed E-state index contributed by atoms with van der Waals surface area (Å²) in [5.41, 5.74) is 0.0890. The fourth-order valence-electron chi connectivity index (χ4n) is 5.59. The number of aromatic nitrogens is 1. The van der Waals surface area contributed by atoms with Gasteiger partial charge in [0, 0.05) is 35.6 Å². The number of halogens is 4. The maximum Gasteiger partial charge on any atom is 0.319 e. The molecule has 0 aliphatic heterocycles. The van der Waals surface area contributed by atoms with Crippen molar-refractivity contribution in [1.82, 2.24) is 10.3 Å². The number of hydrogen-bond acceptors (Lipinski definition) is 5. The second kappa shape index (κ2) is 11.1. The molecule has 2 aromatic carbocycles. The summed E-state index contributed by atoms with van der Waals surface area (Å²) in [5, 5.41) is 7.10. The average Bonchev–Trinajstić information content (AvgIpc) is 3.13. The zero-order chi connectivity index (χ0) is 28.6. The Morgan fingerprint density at radius 2 is 1.60 bits per heavy atom. The molecule has 2 aliphatic rings. The molecule has 3 N–H and O–H groups in total. The first kappa shape index (κ1) is 27.9. The molecule has 2 aliphatic carbocycles. The Bertz CT molecular complexity index is 1540. The molecule has 0 saturated heterocycles. The van der Waals surface area contributed by atoms with Gasteiger partial charge in [-0.2, -0.15) is 0 Å². The maximum atomic E-state index is 13.7. The van der Waals surface area contributed by atoms with Crippen molar-refractivity contribution in [3.05, 3.63) is 82.9 Å². The Kier molecular flexibility index (Phi) is 7.74. The summed E-state index contributed by atoms with van der Waals surface area (Å²) in [7, 11) is -3.99. The van der Waals surface area contributed by atoms with Crippen molar-refractivity contribution >= 4 is 44.8 Å². The molecule has 2 bridgehead atoms.